The van der Waals surface area contributed by atoms with E-state index in [0.29, 0.717) is 31.6 Å². The Morgan fingerprint density at radius 1 is 1.29 bits per heavy atom. The number of rotatable bonds is 4. The first kappa shape index (κ1) is 15.5. The number of amides is 1. The van der Waals surface area contributed by atoms with E-state index in [1.807, 2.05) is 26.0 Å². The molecule has 1 saturated heterocycles. The maximum atomic E-state index is 12.5. The zero-order valence-corrected chi connectivity index (χ0v) is 12.4. The summed E-state index contributed by atoms with van der Waals surface area (Å²) in [6.45, 7) is 4.80. The molecule has 2 N–H and O–H groups in total. The van der Waals surface area contributed by atoms with Crippen molar-refractivity contribution in [3.8, 4) is 0 Å². The fraction of sp³-hybridized carbons (Fsp3) is 0.500. The Morgan fingerprint density at radius 2 is 1.95 bits per heavy atom. The second kappa shape index (κ2) is 6.26. The quantitative estimate of drug-likeness (QED) is 0.890. The van der Waals surface area contributed by atoms with E-state index in [1.165, 1.54) is 0 Å². The van der Waals surface area contributed by atoms with Crippen LogP contribution in [0.15, 0.2) is 18.2 Å². The number of nitrogens with one attached hydrogen (secondary N) is 1. The van der Waals surface area contributed by atoms with Gasteiger partial charge in [0.25, 0.3) is 5.91 Å². The molecule has 1 amide bonds. The van der Waals surface area contributed by atoms with Gasteiger partial charge in [0.05, 0.1) is 12.0 Å². The van der Waals surface area contributed by atoms with Crippen LogP contribution in [0.5, 0.6) is 0 Å². The molecule has 0 bridgehead atoms. The highest BCUT2D eigenvalue weighted by molar-refractivity contribution is 5.96. The van der Waals surface area contributed by atoms with E-state index >= 15 is 0 Å². The van der Waals surface area contributed by atoms with Gasteiger partial charge in [-0.05, 0) is 38.3 Å². The number of hydrogen-bond acceptors (Lipinski definition) is 3. The Hall–Kier alpha value is -1.88. The van der Waals surface area contributed by atoms with Gasteiger partial charge in [-0.2, -0.15) is 0 Å². The lowest BCUT2D eigenvalue weighted by Gasteiger charge is -2.37. The number of carbonyl (C=O) groups is 2. The summed E-state index contributed by atoms with van der Waals surface area (Å²) in [5.41, 5.74) is 1.87. The van der Waals surface area contributed by atoms with Crippen molar-refractivity contribution in [3.63, 3.8) is 0 Å². The number of aryl methyl sites for hydroxylation is 2. The second-order valence-corrected chi connectivity index (χ2v) is 5.74. The van der Waals surface area contributed by atoms with Crippen molar-refractivity contribution in [1.29, 1.82) is 0 Å². The molecule has 0 aliphatic carbocycles. The van der Waals surface area contributed by atoms with E-state index in [2.05, 4.69) is 5.32 Å². The van der Waals surface area contributed by atoms with Gasteiger partial charge in [-0.3, -0.25) is 9.59 Å². The Labute approximate surface area is 124 Å². The Bertz CT molecular complexity index is 547. The maximum Gasteiger partial charge on any atom is 0.305 e. The summed E-state index contributed by atoms with van der Waals surface area (Å²) in [4.78, 5) is 23.6. The largest absolute Gasteiger partial charge is 0.481 e. The van der Waals surface area contributed by atoms with Crippen molar-refractivity contribution in [3.05, 3.63) is 34.9 Å². The van der Waals surface area contributed by atoms with Crippen molar-refractivity contribution in [2.24, 2.45) is 0 Å². The van der Waals surface area contributed by atoms with Gasteiger partial charge in [0.1, 0.15) is 0 Å². The molecule has 2 rings (SSSR count). The number of aliphatic carboxylic acids is 1. The molecule has 0 atom stereocenters. The summed E-state index contributed by atoms with van der Waals surface area (Å²) >= 11 is 0. The van der Waals surface area contributed by atoms with Crippen LogP contribution in [-0.4, -0.2) is 35.7 Å². The third-order valence-corrected chi connectivity index (χ3v) is 3.94. The lowest BCUT2D eigenvalue weighted by Crippen LogP contribution is -2.53. The highest BCUT2D eigenvalue weighted by Gasteiger charge is 2.36. The molecule has 1 aliphatic heterocycles. The summed E-state index contributed by atoms with van der Waals surface area (Å²) in [6.07, 6.45) is 0.971. The number of hydrogen-bond donors (Lipinski definition) is 2. The molecule has 1 aliphatic rings. The van der Waals surface area contributed by atoms with E-state index in [0.717, 1.165) is 11.1 Å². The van der Waals surface area contributed by atoms with Crippen LogP contribution in [0.1, 0.15) is 40.7 Å². The average molecular weight is 291 g/mol. The van der Waals surface area contributed by atoms with E-state index in [1.54, 1.807) is 6.07 Å². The Morgan fingerprint density at radius 3 is 2.52 bits per heavy atom. The topological polar surface area (TPSA) is 75.6 Å². The van der Waals surface area contributed by atoms with Gasteiger partial charge >= 0.3 is 5.97 Å². The van der Waals surface area contributed by atoms with Crippen LogP contribution >= 0.6 is 0 Å². The van der Waals surface area contributed by atoms with Gasteiger partial charge in [0, 0.05) is 18.8 Å². The van der Waals surface area contributed by atoms with Gasteiger partial charge in [-0.25, -0.2) is 0 Å². The van der Waals surface area contributed by atoms with Gasteiger partial charge in [-0.1, -0.05) is 17.7 Å². The normalized spacial score (nSPS) is 17.2. The van der Waals surface area contributed by atoms with Crippen molar-refractivity contribution in [1.82, 2.24) is 5.32 Å². The van der Waals surface area contributed by atoms with E-state index in [4.69, 9.17) is 9.84 Å². The van der Waals surface area contributed by atoms with Crippen LogP contribution < -0.4 is 5.32 Å². The first-order valence-electron chi connectivity index (χ1n) is 7.11. The number of carbonyl (C=O) groups excluding carboxylic acids is 1. The zero-order valence-electron chi connectivity index (χ0n) is 12.4. The van der Waals surface area contributed by atoms with Gasteiger partial charge in [0.2, 0.25) is 0 Å². The van der Waals surface area contributed by atoms with E-state index in [-0.39, 0.29) is 12.3 Å². The lowest BCUT2D eigenvalue weighted by molar-refractivity contribution is -0.139. The van der Waals surface area contributed by atoms with Crippen LogP contribution in [0.3, 0.4) is 0 Å². The lowest BCUT2D eigenvalue weighted by atomic mass is 9.86. The summed E-state index contributed by atoms with van der Waals surface area (Å²) in [5.74, 6) is -1.12. The highest BCUT2D eigenvalue weighted by Crippen LogP contribution is 2.25. The van der Waals surface area contributed by atoms with Crippen molar-refractivity contribution >= 4 is 11.9 Å². The molecule has 5 heteroatoms. The molecule has 1 aromatic rings. The molecule has 21 heavy (non-hydrogen) atoms. The monoisotopic (exact) mass is 291 g/mol. The molecule has 0 saturated carbocycles. The first-order valence-corrected chi connectivity index (χ1v) is 7.11. The van der Waals surface area contributed by atoms with E-state index < -0.39 is 11.5 Å². The summed E-state index contributed by atoms with van der Waals surface area (Å²) in [5, 5.41) is 12.1. The minimum absolute atomic E-state index is 0.0764. The maximum absolute atomic E-state index is 12.5. The number of benzene rings is 1. The van der Waals surface area contributed by atoms with Crippen LogP contribution in [-0.2, 0) is 9.53 Å². The molecule has 0 unspecified atom stereocenters. The second-order valence-electron chi connectivity index (χ2n) is 5.74. The highest BCUT2D eigenvalue weighted by atomic mass is 16.5. The Balaban J connectivity index is 2.19. The van der Waals surface area contributed by atoms with Crippen LogP contribution in [0, 0.1) is 13.8 Å². The van der Waals surface area contributed by atoms with E-state index in [9.17, 15) is 9.59 Å². The van der Waals surface area contributed by atoms with Crippen molar-refractivity contribution < 1.29 is 19.4 Å². The minimum atomic E-state index is -0.905. The summed E-state index contributed by atoms with van der Waals surface area (Å²) in [6, 6.07) is 5.62. The molecule has 114 valence electrons. The molecule has 1 heterocycles. The summed E-state index contributed by atoms with van der Waals surface area (Å²) < 4.78 is 5.29. The third kappa shape index (κ3) is 3.82. The number of carboxylic acid groups (broad SMARTS) is 1. The van der Waals surface area contributed by atoms with Gasteiger partial charge in [0.15, 0.2) is 0 Å². The van der Waals surface area contributed by atoms with Crippen LogP contribution in [0.2, 0.25) is 0 Å². The molecule has 0 aromatic heterocycles. The minimum Gasteiger partial charge on any atom is -0.481 e. The van der Waals surface area contributed by atoms with Crippen LogP contribution in [0.4, 0.5) is 0 Å². The summed E-state index contributed by atoms with van der Waals surface area (Å²) in [7, 11) is 0. The molecule has 5 nitrogen and oxygen atoms in total. The fourth-order valence-electron chi connectivity index (χ4n) is 2.77. The van der Waals surface area contributed by atoms with Crippen molar-refractivity contribution in [2.45, 2.75) is 38.6 Å². The van der Waals surface area contributed by atoms with Crippen LogP contribution in [0.25, 0.3) is 0 Å². The molecule has 0 spiro atoms. The first-order chi connectivity index (χ1) is 9.92. The molecular weight excluding hydrogens is 270 g/mol. The number of carboxylic acids is 1. The molecule has 1 fully saturated rings. The Kier molecular flexibility index (Phi) is 4.63. The predicted octanol–water partition coefficient (Wildman–Crippen LogP) is 2.06. The zero-order chi connectivity index (χ0) is 15.5. The predicted molar refractivity (Wildman–Crippen MR) is 78.4 cm³/mol. The average Bonchev–Trinajstić information content (AvgIpc) is 2.38. The van der Waals surface area contributed by atoms with Crippen molar-refractivity contribution in [2.75, 3.05) is 13.2 Å². The van der Waals surface area contributed by atoms with Gasteiger partial charge in [-0.15, -0.1) is 0 Å². The molecular formula is C16H21NO4. The molecule has 1 aromatic carbocycles. The third-order valence-electron chi connectivity index (χ3n) is 3.94. The van der Waals surface area contributed by atoms with Gasteiger partial charge < -0.3 is 15.2 Å². The fourth-order valence-corrected chi connectivity index (χ4v) is 2.77. The SMILES string of the molecule is Cc1ccc(C(=O)NC2(CC(=O)O)CCOCC2)c(C)c1. The standard InChI is InChI=1S/C16H21NO4/c1-11-3-4-13(12(2)9-11)15(20)17-16(10-14(18)19)5-7-21-8-6-16/h3-4,9H,5-8,10H2,1-2H3,(H,17,20)(H,18,19). The number of ether oxygens (including phenoxy) is 1. The smallest absolute Gasteiger partial charge is 0.305 e. The molecule has 0 radical (unpaired) electrons.